The van der Waals surface area contributed by atoms with Crippen LogP contribution in [0.4, 0.5) is 0 Å². The van der Waals surface area contributed by atoms with Crippen molar-refractivity contribution in [3.8, 4) is 0 Å². The SMILES string of the molecule is C1=CC2CC1CC2CC1CCCCC1. The molecule has 0 aromatic carbocycles. The highest BCUT2D eigenvalue weighted by molar-refractivity contribution is 5.10. The lowest BCUT2D eigenvalue weighted by Gasteiger charge is -2.27. The van der Waals surface area contributed by atoms with Crippen LogP contribution in [0.2, 0.25) is 0 Å². The van der Waals surface area contributed by atoms with Crippen molar-refractivity contribution in [1.29, 1.82) is 0 Å². The molecular formula is C14H22. The van der Waals surface area contributed by atoms with E-state index in [-0.39, 0.29) is 0 Å². The summed E-state index contributed by atoms with van der Waals surface area (Å²) in [4.78, 5) is 0. The molecule has 0 saturated heterocycles. The van der Waals surface area contributed by atoms with Gasteiger partial charge in [-0.15, -0.1) is 0 Å². The topological polar surface area (TPSA) is 0 Å². The molecular weight excluding hydrogens is 168 g/mol. The maximum Gasteiger partial charge on any atom is -0.0199 e. The number of fused-ring (bicyclic) bond motifs is 2. The van der Waals surface area contributed by atoms with Gasteiger partial charge < -0.3 is 0 Å². The van der Waals surface area contributed by atoms with Gasteiger partial charge in [0.05, 0.1) is 0 Å². The van der Waals surface area contributed by atoms with Crippen LogP contribution in [0.25, 0.3) is 0 Å². The molecule has 3 aliphatic carbocycles. The van der Waals surface area contributed by atoms with E-state index in [1.807, 2.05) is 0 Å². The molecule has 0 aromatic rings. The molecule has 0 radical (unpaired) electrons. The van der Waals surface area contributed by atoms with Gasteiger partial charge in [-0.3, -0.25) is 0 Å². The first-order valence-corrected chi connectivity index (χ1v) is 6.60. The predicted octanol–water partition coefficient (Wildman–Crippen LogP) is 4.17. The predicted molar refractivity (Wildman–Crippen MR) is 60.0 cm³/mol. The van der Waals surface area contributed by atoms with Gasteiger partial charge >= 0.3 is 0 Å². The average molecular weight is 190 g/mol. The Kier molecular flexibility index (Phi) is 2.39. The van der Waals surface area contributed by atoms with Gasteiger partial charge in [0, 0.05) is 0 Å². The molecule has 0 spiro atoms. The molecule has 2 bridgehead atoms. The van der Waals surface area contributed by atoms with Crippen LogP contribution in [0.1, 0.15) is 51.4 Å². The van der Waals surface area contributed by atoms with Crippen LogP contribution in [0.15, 0.2) is 12.2 Å². The number of hydrogen-bond donors (Lipinski definition) is 0. The summed E-state index contributed by atoms with van der Waals surface area (Å²) in [6.45, 7) is 0. The summed E-state index contributed by atoms with van der Waals surface area (Å²) in [5, 5.41) is 0. The molecule has 0 heterocycles. The van der Waals surface area contributed by atoms with Gasteiger partial charge in [0.15, 0.2) is 0 Å². The van der Waals surface area contributed by atoms with E-state index < -0.39 is 0 Å². The Labute approximate surface area is 87.8 Å². The normalized spacial score (nSPS) is 42.1. The maximum absolute atomic E-state index is 2.52. The molecule has 0 nitrogen and oxygen atoms in total. The summed E-state index contributed by atoms with van der Waals surface area (Å²) in [6.07, 6.45) is 17.2. The molecule has 78 valence electrons. The summed E-state index contributed by atoms with van der Waals surface area (Å²) in [7, 11) is 0. The molecule has 3 aliphatic rings. The first-order valence-electron chi connectivity index (χ1n) is 6.60. The Balaban J connectivity index is 1.54. The zero-order chi connectivity index (χ0) is 9.38. The van der Waals surface area contributed by atoms with Gasteiger partial charge in [0.1, 0.15) is 0 Å². The number of hydrogen-bond acceptors (Lipinski definition) is 0. The van der Waals surface area contributed by atoms with Gasteiger partial charge in [-0.25, -0.2) is 0 Å². The van der Waals surface area contributed by atoms with Crippen LogP contribution in [-0.4, -0.2) is 0 Å². The number of allylic oxidation sites excluding steroid dienone is 2. The molecule has 3 unspecified atom stereocenters. The fourth-order valence-electron chi connectivity index (χ4n) is 4.02. The van der Waals surface area contributed by atoms with E-state index >= 15 is 0 Å². The Morgan fingerprint density at radius 3 is 2.43 bits per heavy atom. The van der Waals surface area contributed by atoms with Crippen LogP contribution in [0.3, 0.4) is 0 Å². The molecule has 14 heavy (non-hydrogen) atoms. The maximum atomic E-state index is 2.52. The average Bonchev–Trinajstić information content (AvgIpc) is 2.81. The molecule has 0 N–H and O–H groups in total. The third kappa shape index (κ3) is 1.64. The molecule has 3 rings (SSSR count). The van der Waals surface area contributed by atoms with Crippen molar-refractivity contribution in [1.82, 2.24) is 0 Å². The van der Waals surface area contributed by atoms with Crippen LogP contribution in [0, 0.1) is 23.7 Å². The van der Waals surface area contributed by atoms with Crippen molar-refractivity contribution in [3.63, 3.8) is 0 Å². The fraction of sp³-hybridized carbons (Fsp3) is 0.857. The first-order chi connectivity index (χ1) is 6.92. The molecule has 3 atom stereocenters. The van der Waals surface area contributed by atoms with Crippen LogP contribution < -0.4 is 0 Å². The Bertz CT molecular complexity index is 222. The monoisotopic (exact) mass is 190 g/mol. The van der Waals surface area contributed by atoms with E-state index in [0.717, 1.165) is 23.7 Å². The van der Waals surface area contributed by atoms with Gasteiger partial charge in [-0.1, -0.05) is 44.3 Å². The lowest BCUT2D eigenvalue weighted by atomic mass is 9.79. The van der Waals surface area contributed by atoms with Crippen molar-refractivity contribution < 1.29 is 0 Å². The number of rotatable bonds is 2. The van der Waals surface area contributed by atoms with Crippen molar-refractivity contribution in [3.05, 3.63) is 12.2 Å². The highest BCUT2D eigenvalue weighted by Gasteiger charge is 2.36. The van der Waals surface area contributed by atoms with Gasteiger partial charge in [0.25, 0.3) is 0 Å². The molecule has 2 fully saturated rings. The molecule has 2 saturated carbocycles. The quantitative estimate of drug-likeness (QED) is 0.573. The zero-order valence-electron chi connectivity index (χ0n) is 9.12. The van der Waals surface area contributed by atoms with Crippen molar-refractivity contribution >= 4 is 0 Å². The molecule has 0 amide bonds. The highest BCUT2D eigenvalue weighted by atomic mass is 14.4. The van der Waals surface area contributed by atoms with Crippen LogP contribution >= 0.6 is 0 Å². The van der Waals surface area contributed by atoms with Crippen molar-refractivity contribution in [2.24, 2.45) is 23.7 Å². The molecule has 0 aromatic heterocycles. The fourth-order valence-corrected chi connectivity index (χ4v) is 4.02. The summed E-state index contributed by atoms with van der Waals surface area (Å²) in [6, 6.07) is 0. The Hall–Kier alpha value is -0.260. The lowest BCUT2D eigenvalue weighted by Crippen LogP contribution is -2.15. The summed E-state index contributed by atoms with van der Waals surface area (Å²) < 4.78 is 0. The zero-order valence-corrected chi connectivity index (χ0v) is 9.12. The minimum atomic E-state index is 0.980. The molecule has 0 heteroatoms. The minimum Gasteiger partial charge on any atom is -0.0851 e. The van der Waals surface area contributed by atoms with Crippen molar-refractivity contribution in [2.75, 3.05) is 0 Å². The lowest BCUT2D eigenvalue weighted by molar-refractivity contribution is 0.266. The Morgan fingerprint density at radius 2 is 1.79 bits per heavy atom. The van der Waals surface area contributed by atoms with Gasteiger partial charge in [0.2, 0.25) is 0 Å². The second kappa shape index (κ2) is 3.72. The first kappa shape index (κ1) is 9.00. The summed E-state index contributed by atoms with van der Waals surface area (Å²) >= 11 is 0. The Morgan fingerprint density at radius 1 is 0.929 bits per heavy atom. The second-order valence-corrected chi connectivity index (χ2v) is 5.78. The second-order valence-electron chi connectivity index (χ2n) is 5.78. The van der Waals surface area contributed by atoms with Crippen molar-refractivity contribution in [2.45, 2.75) is 51.4 Å². The third-order valence-corrected chi connectivity index (χ3v) is 4.78. The minimum absolute atomic E-state index is 0.980. The van der Waals surface area contributed by atoms with Crippen LogP contribution in [-0.2, 0) is 0 Å². The van der Waals surface area contributed by atoms with E-state index in [9.17, 15) is 0 Å². The van der Waals surface area contributed by atoms with E-state index in [2.05, 4.69) is 12.2 Å². The summed E-state index contributed by atoms with van der Waals surface area (Å²) in [5.74, 6) is 4.14. The smallest absolute Gasteiger partial charge is 0.0199 e. The standard InChI is InChI=1S/C14H22/c1-2-4-11(5-3-1)8-14-10-12-6-7-13(14)9-12/h6-7,11-14H,1-5,8-10H2. The van der Waals surface area contributed by atoms with E-state index in [4.69, 9.17) is 0 Å². The third-order valence-electron chi connectivity index (χ3n) is 4.78. The highest BCUT2D eigenvalue weighted by Crippen LogP contribution is 2.47. The van der Waals surface area contributed by atoms with Crippen LogP contribution in [0.5, 0.6) is 0 Å². The largest absolute Gasteiger partial charge is 0.0851 e. The van der Waals surface area contributed by atoms with E-state index in [0.29, 0.717) is 0 Å². The van der Waals surface area contributed by atoms with E-state index in [1.54, 1.807) is 6.42 Å². The van der Waals surface area contributed by atoms with Gasteiger partial charge in [-0.05, 0) is 42.9 Å². The van der Waals surface area contributed by atoms with E-state index in [1.165, 1.54) is 44.9 Å². The van der Waals surface area contributed by atoms with Gasteiger partial charge in [-0.2, -0.15) is 0 Å². The summed E-state index contributed by atoms with van der Waals surface area (Å²) in [5.41, 5.74) is 0. The molecule has 0 aliphatic heterocycles.